The number of rotatable bonds is 2. The van der Waals surface area contributed by atoms with Gasteiger partial charge in [0.15, 0.2) is 0 Å². The van der Waals surface area contributed by atoms with Gasteiger partial charge >= 0.3 is 0 Å². The van der Waals surface area contributed by atoms with Gasteiger partial charge in [0.05, 0.1) is 11.9 Å². The lowest BCUT2D eigenvalue weighted by molar-refractivity contribution is 0.102. The van der Waals surface area contributed by atoms with Crippen LogP contribution in [-0.4, -0.2) is 21.1 Å². The highest BCUT2D eigenvalue weighted by molar-refractivity contribution is 6.07. The minimum absolute atomic E-state index is 0.159. The first-order valence-corrected chi connectivity index (χ1v) is 6.04. The van der Waals surface area contributed by atoms with Gasteiger partial charge in [0.2, 0.25) is 0 Å². The summed E-state index contributed by atoms with van der Waals surface area (Å²) in [6.45, 7) is 3.99. The van der Waals surface area contributed by atoms with Crippen LogP contribution in [0, 0.1) is 13.8 Å². The Hall–Kier alpha value is -2.56. The second-order valence-corrected chi connectivity index (χ2v) is 4.62. The van der Waals surface area contributed by atoms with Crippen molar-refractivity contribution < 1.29 is 4.79 Å². The SMILES string of the molecule is Cc1ccc2[nH]c(C(=O)Nc3cn[nH]c3)c(C)c2c1. The zero-order valence-corrected chi connectivity index (χ0v) is 10.7. The third-order valence-corrected chi connectivity index (χ3v) is 3.20. The van der Waals surface area contributed by atoms with E-state index in [1.54, 1.807) is 12.4 Å². The molecule has 0 fully saturated rings. The molecular weight excluding hydrogens is 240 g/mol. The molecule has 0 saturated heterocycles. The Labute approximate surface area is 110 Å². The van der Waals surface area contributed by atoms with Gasteiger partial charge in [-0.2, -0.15) is 5.10 Å². The Morgan fingerprint density at radius 2 is 2.16 bits per heavy atom. The number of anilines is 1. The summed E-state index contributed by atoms with van der Waals surface area (Å²) in [5.74, 6) is -0.159. The van der Waals surface area contributed by atoms with Gasteiger partial charge in [0, 0.05) is 17.1 Å². The van der Waals surface area contributed by atoms with Crippen molar-refractivity contribution in [3.63, 3.8) is 0 Å². The smallest absolute Gasteiger partial charge is 0.272 e. The Morgan fingerprint density at radius 3 is 2.89 bits per heavy atom. The minimum atomic E-state index is -0.159. The average Bonchev–Trinajstić information content (AvgIpc) is 2.98. The van der Waals surface area contributed by atoms with Gasteiger partial charge in [-0.3, -0.25) is 9.89 Å². The van der Waals surface area contributed by atoms with Crippen LogP contribution in [-0.2, 0) is 0 Å². The largest absolute Gasteiger partial charge is 0.350 e. The van der Waals surface area contributed by atoms with Gasteiger partial charge in [-0.1, -0.05) is 11.6 Å². The Morgan fingerprint density at radius 1 is 1.32 bits per heavy atom. The van der Waals surface area contributed by atoms with Crippen molar-refractivity contribution in [1.29, 1.82) is 0 Å². The first kappa shape index (κ1) is 11.5. The molecular formula is C14H14N4O. The Balaban J connectivity index is 2.00. The van der Waals surface area contributed by atoms with Crippen molar-refractivity contribution in [2.24, 2.45) is 0 Å². The molecule has 96 valence electrons. The molecule has 0 aliphatic rings. The Kier molecular flexibility index (Phi) is 2.59. The third kappa shape index (κ3) is 1.99. The fourth-order valence-electron chi connectivity index (χ4n) is 2.18. The lowest BCUT2D eigenvalue weighted by atomic mass is 10.1. The zero-order valence-electron chi connectivity index (χ0n) is 10.7. The predicted octanol–water partition coefficient (Wildman–Crippen LogP) is 2.76. The van der Waals surface area contributed by atoms with Crippen LogP contribution >= 0.6 is 0 Å². The average molecular weight is 254 g/mol. The molecule has 0 unspecified atom stereocenters. The van der Waals surface area contributed by atoms with Crippen LogP contribution in [0.4, 0.5) is 5.69 Å². The minimum Gasteiger partial charge on any atom is -0.350 e. The van der Waals surface area contributed by atoms with Gasteiger partial charge in [0.1, 0.15) is 5.69 Å². The molecule has 0 saturated carbocycles. The number of carbonyl (C=O) groups excluding carboxylic acids is 1. The van der Waals surface area contributed by atoms with Crippen LogP contribution in [0.25, 0.3) is 10.9 Å². The number of nitrogens with zero attached hydrogens (tertiary/aromatic N) is 1. The Bertz CT molecular complexity index is 740. The second-order valence-electron chi connectivity index (χ2n) is 4.62. The van der Waals surface area contributed by atoms with Crippen LogP contribution in [0.3, 0.4) is 0 Å². The van der Waals surface area contributed by atoms with E-state index < -0.39 is 0 Å². The number of hydrogen-bond acceptors (Lipinski definition) is 2. The molecule has 5 heteroatoms. The van der Waals surface area contributed by atoms with E-state index in [0.29, 0.717) is 11.4 Å². The van der Waals surface area contributed by atoms with E-state index in [-0.39, 0.29) is 5.91 Å². The van der Waals surface area contributed by atoms with Gasteiger partial charge < -0.3 is 10.3 Å². The first-order chi connectivity index (χ1) is 9.15. The molecule has 1 amide bonds. The van der Waals surface area contributed by atoms with Crippen molar-refractivity contribution in [2.45, 2.75) is 13.8 Å². The van der Waals surface area contributed by atoms with Crippen LogP contribution in [0.1, 0.15) is 21.6 Å². The van der Waals surface area contributed by atoms with E-state index in [0.717, 1.165) is 16.5 Å². The van der Waals surface area contributed by atoms with Crippen molar-refractivity contribution >= 4 is 22.5 Å². The van der Waals surface area contributed by atoms with Crippen molar-refractivity contribution in [2.75, 3.05) is 5.32 Å². The zero-order chi connectivity index (χ0) is 13.4. The maximum Gasteiger partial charge on any atom is 0.272 e. The number of aromatic nitrogens is 3. The molecule has 1 aromatic carbocycles. The maximum absolute atomic E-state index is 12.2. The number of carbonyl (C=O) groups is 1. The van der Waals surface area contributed by atoms with E-state index in [1.165, 1.54) is 5.56 Å². The van der Waals surface area contributed by atoms with E-state index in [9.17, 15) is 4.79 Å². The fraction of sp³-hybridized carbons (Fsp3) is 0.143. The number of nitrogens with one attached hydrogen (secondary N) is 3. The number of aromatic amines is 2. The highest BCUT2D eigenvalue weighted by atomic mass is 16.1. The van der Waals surface area contributed by atoms with Gasteiger partial charge in [-0.15, -0.1) is 0 Å². The van der Waals surface area contributed by atoms with E-state index in [1.807, 2.05) is 26.0 Å². The molecule has 3 N–H and O–H groups in total. The first-order valence-electron chi connectivity index (χ1n) is 6.04. The number of amides is 1. The standard InChI is InChI=1S/C14H14N4O/c1-8-3-4-12-11(5-8)9(2)13(18-12)14(19)17-10-6-15-16-7-10/h3-7,18H,1-2H3,(H,15,16)(H,17,19). The topological polar surface area (TPSA) is 73.6 Å². The third-order valence-electron chi connectivity index (χ3n) is 3.20. The normalized spacial score (nSPS) is 10.8. The molecule has 5 nitrogen and oxygen atoms in total. The van der Waals surface area contributed by atoms with Gasteiger partial charge in [-0.05, 0) is 31.5 Å². The maximum atomic E-state index is 12.2. The molecule has 0 aliphatic heterocycles. The summed E-state index contributed by atoms with van der Waals surface area (Å²) in [5.41, 5.74) is 4.34. The molecule has 19 heavy (non-hydrogen) atoms. The lowest BCUT2D eigenvalue weighted by Crippen LogP contribution is -2.12. The fourth-order valence-corrected chi connectivity index (χ4v) is 2.18. The van der Waals surface area contributed by atoms with Crippen molar-refractivity contribution in [3.05, 3.63) is 47.4 Å². The van der Waals surface area contributed by atoms with E-state index in [2.05, 4.69) is 26.6 Å². The van der Waals surface area contributed by atoms with Crippen LogP contribution in [0.15, 0.2) is 30.6 Å². The molecule has 3 rings (SSSR count). The number of H-pyrrole nitrogens is 2. The molecule has 3 aromatic rings. The highest BCUT2D eigenvalue weighted by Crippen LogP contribution is 2.23. The molecule has 0 spiro atoms. The van der Waals surface area contributed by atoms with Crippen LogP contribution in [0.5, 0.6) is 0 Å². The lowest BCUT2D eigenvalue weighted by Gasteiger charge is -2.00. The number of fused-ring (bicyclic) bond motifs is 1. The van der Waals surface area contributed by atoms with Crippen molar-refractivity contribution in [1.82, 2.24) is 15.2 Å². The van der Waals surface area contributed by atoms with Crippen LogP contribution < -0.4 is 5.32 Å². The van der Waals surface area contributed by atoms with Crippen molar-refractivity contribution in [3.8, 4) is 0 Å². The summed E-state index contributed by atoms with van der Waals surface area (Å²) in [4.78, 5) is 15.4. The van der Waals surface area contributed by atoms with Gasteiger partial charge in [0.25, 0.3) is 5.91 Å². The molecule has 0 bridgehead atoms. The summed E-state index contributed by atoms with van der Waals surface area (Å²) < 4.78 is 0. The molecule has 2 aromatic heterocycles. The molecule has 2 heterocycles. The quantitative estimate of drug-likeness (QED) is 0.658. The number of aryl methyl sites for hydroxylation is 2. The summed E-state index contributed by atoms with van der Waals surface area (Å²) in [7, 11) is 0. The monoisotopic (exact) mass is 254 g/mol. The van der Waals surface area contributed by atoms with Crippen LogP contribution in [0.2, 0.25) is 0 Å². The number of hydrogen-bond donors (Lipinski definition) is 3. The van der Waals surface area contributed by atoms with E-state index in [4.69, 9.17) is 0 Å². The summed E-state index contributed by atoms with van der Waals surface area (Å²) in [5, 5.41) is 10.3. The molecule has 0 aliphatic carbocycles. The molecule has 0 atom stereocenters. The summed E-state index contributed by atoms with van der Waals surface area (Å²) in [6.07, 6.45) is 3.21. The highest BCUT2D eigenvalue weighted by Gasteiger charge is 2.15. The molecule has 0 radical (unpaired) electrons. The van der Waals surface area contributed by atoms with E-state index >= 15 is 0 Å². The second kappa shape index (κ2) is 4.28. The summed E-state index contributed by atoms with van der Waals surface area (Å²) >= 11 is 0. The number of benzene rings is 1. The predicted molar refractivity (Wildman–Crippen MR) is 74.3 cm³/mol. The van der Waals surface area contributed by atoms with Gasteiger partial charge in [-0.25, -0.2) is 0 Å². The summed E-state index contributed by atoms with van der Waals surface area (Å²) in [6, 6.07) is 6.10.